The highest BCUT2D eigenvalue weighted by molar-refractivity contribution is 6.01. The van der Waals surface area contributed by atoms with Crippen LogP contribution >= 0.6 is 0 Å². The molecule has 7 heteroatoms. The number of hydrogen-bond donors (Lipinski definition) is 3. The first-order chi connectivity index (χ1) is 12.1. The van der Waals surface area contributed by atoms with Crippen LogP contribution in [-0.2, 0) is 0 Å². The molecule has 0 amide bonds. The topological polar surface area (TPSA) is 112 Å². The van der Waals surface area contributed by atoms with Crippen LogP contribution in [0.2, 0.25) is 0 Å². The molecule has 0 aliphatic carbocycles. The lowest BCUT2D eigenvalue weighted by Gasteiger charge is -2.18. The second-order valence-corrected chi connectivity index (χ2v) is 5.22. The van der Waals surface area contributed by atoms with Crippen LogP contribution in [0.15, 0.2) is 70.3 Å². The molecule has 0 saturated heterocycles. The van der Waals surface area contributed by atoms with E-state index in [0.717, 1.165) is 0 Å². The molecular formula is C18H14N2O5. The van der Waals surface area contributed by atoms with Crippen LogP contribution in [0, 0.1) is 0 Å². The lowest BCUT2D eigenvalue weighted by atomic mass is 10.0. The van der Waals surface area contributed by atoms with Gasteiger partial charge in [-0.3, -0.25) is 19.6 Å². The molecule has 1 heterocycles. The minimum absolute atomic E-state index is 0.421. The summed E-state index contributed by atoms with van der Waals surface area (Å²) in [4.78, 5) is 40.0. The van der Waals surface area contributed by atoms with Crippen molar-refractivity contribution in [3.05, 3.63) is 92.6 Å². The Kier molecular flexibility index (Phi) is 4.47. The molecule has 1 unspecified atom stereocenters. The van der Waals surface area contributed by atoms with Crippen LogP contribution < -0.4 is 16.0 Å². The average Bonchev–Trinajstić information content (AvgIpc) is 2.60. The number of nitrogens with one attached hydrogen (secondary N) is 2. The normalized spacial score (nSPS) is 11.7. The van der Waals surface area contributed by atoms with Crippen molar-refractivity contribution in [1.82, 2.24) is 9.97 Å². The molecule has 3 aromatic rings. The van der Waals surface area contributed by atoms with Crippen molar-refractivity contribution in [3.63, 3.8) is 0 Å². The van der Waals surface area contributed by atoms with Gasteiger partial charge in [0.15, 0.2) is 6.10 Å². The molecule has 1 aromatic heterocycles. The fraction of sp³-hybridized carbons (Fsp3) is 0.0556. The molecule has 2 aromatic carbocycles. The van der Waals surface area contributed by atoms with E-state index in [1.165, 1.54) is 0 Å². The summed E-state index contributed by atoms with van der Waals surface area (Å²) in [5, 5.41) is 9.85. The molecule has 0 spiro atoms. The zero-order valence-corrected chi connectivity index (χ0v) is 12.9. The fourth-order valence-electron chi connectivity index (χ4n) is 2.37. The minimum atomic E-state index is -1.17. The van der Waals surface area contributed by atoms with Crippen LogP contribution in [-0.4, -0.2) is 20.9 Å². The van der Waals surface area contributed by atoms with Gasteiger partial charge >= 0.3 is 5.69 Å². The predicted octanol–water partition coefficient (Wildman–Crippen LogP) is 1.77. The second-order valence-electron chi connectivity index (χ2n) is 5.22. The number of carbonyl (C=O) groups is 1. The zero-order chi connectivity index (χ0) is 17.8. The highest BCUT2D eigenvalue weighted by atomic mass is 16.5. The Balaban J connectivity index is 2.07. The van der Waals surface area contributed by atoms with Crippen LogP contribution in [0.5, 0.6) is 11.6 Å². The molecule has 7 nitrogen and oxygen atoms in total. The van der Waals surface area contributed by atoms with Crippen molar-refractivity contribution in [2.45, 2.75) is 6.10 Å². The van der Waals surface area contributed by atoms with Crippen molar-refractivity contribution < 1.29 is 14.6 Å². The number of H-pyrrole nitrogens is 2. The summed E-state index contributed by atoms with van der Waals surface area (Å²) in [7, 11) is 0. The van der Waals surface area contributed by atoms with Gasteiger partial charge in [0.25, 0.3) is 5.56 Å². The minimum Gasteiger partial charge on any atom is -0.494 e. The SMILES string of the molecule is O=C(c1c(O)[nH]c(=O)[nH]c1=O)C(Oc1ccccc1)c1ccccc1. The number of Topliss-reactive ketones (excluding diaryl/α,β-unsaturated/α-hetero) is 1. The van der Waals surface area contributed by atoms with E-state index in [9.17, 15) is 19.5 Å². The van der Waals surface area contributed by atoms with Gasteiger partial charge in [-0.15, -0.1) is 0 Å². The summed E-state index contributed by atoms with van der Waals surface area (Å²) < 4.78 is 5.75. The summed E-state index contributed by atoms with van der Waals surface area (Å²) in [6, 6.07) is 17.2. The molecule has 3 N–H and O–H groups in total. The lowest BCUT2D eigenvalue weighted by molar-refractivity contribution is 0.0786. The van der Waals surface area contributed by atoms with Crippen molar-refractivity contribution in [2.24, 2.45) is 0 Å². The number of ketones is 1. The number of aromatic hydroxyl groups is 1. The van der Waals surface area contributed by atoms with Crippen molar-refractivity contribution in [1.29, 1.82) is 0 Å². The van der Waals surface area contributed by atoms with E-state index >= 15 is 0 Å². The largest absolute Gasteiger partial charge is 0.494 e. The third kappa shape index (κ3) is 3.50. The first-order valence-corrected chi connectivity index (χ1v) is 7.42. The fourth-order valence-corrected chi connectivity index (χ4v) is 2.37. The van der Waals surface area contributed by atoms with E-state index < -0.39 is 34.6 Å². The molecule has 126 valence electrons. The Morgan fingerprint density at radius 3 is 2.12 bits per heavy atom. The van der Waals surface area contributed by atoms with Gasteiger partial charge in [0.1, 0.15) is 11.3 Å². The average molecular weight is 338 g/mol. The van der Waals surface area contributed by atoms with E-state index in [0.29, 0.717) is 11.3 Å². The van der Waals surface area contributed by atoms with E-state index in [-0.39, 0.29) is 0 Å². The van der Waals surface area contributed by atoms with Gasteiger partial charge in [0.2, 0.25) is 11.7 Å². The molecule has 0 saturated carbocycles. The van der Waals surface area contributed by atoms with E-state index in [4.69, 9.17) is 4.74 Å². The Morgan fingerprint density at radius 2 is 1.52 bits per heavy atom. The maximum atomic E-state index is 12.9. The number of aromatic amines is 2. The summed E-state index contributed by atoms with van der Waals surface area (Å²) in [5.74, 6) is -1.15. The van der Waals surface area contributed by atoms with E-state index in [1.807, 2.05) is 9.97 Å². The van der Waals surface area contributed by atoms with Crippen molar-refractivity contribution >= 4 is 5.78 Å². The number of carbonyl (C=O) groups excluding carboxylic acids is 1. The summed E-state index contributed by atoms with van der Waals surface area (Å²) in [6.45, 7) is 0. The molecule has 0 aliphatic rings. The zero-order valence-electron chi connectivity index (χ0n) is 12.9. The van der Waals surface area contributed by atoms with Crippen LogP contribution in [0.1, 0.15) is 22.0 Å². The summed E-state index contributed by atoms with van der Waals surface area (Å²) in [6.07, 6.45) is -1.17. The number of ether oxygens (including phenoxy) is 1. The van der Waals surface area contributed by atoms with Crippen LogP contribution in [0.4, 0.5) is 0 Å². The maximum absolute atomic E-state index is 12.9. The second kappa shape index (κ2) is 6.88. The standard InChI is InChI=1S/C18H14N2O5/c21-14(13-16(22)19-18(24)20-17(13)23)15(11-7-3-1-4-8-11)25-12-9-5-2-6-10-12/h1-10,15H,(H3,19,20,22,23,24). The van der Waals surface area contributed by atoms with Crippen molar-refractivity contribution in [3.8, 4) is 11.6 Å². The first kappa shape index (κ1) is 16.3. The Bertz CT molecular complexity index is 993. The van der Waals surface area contributed by atoms with Crippen LogP contribution in [0.3, 0.4) is 0 Å². The predicted molar refractivity (Wildman–Crippen MR) is 89.9 cm³/mol. The van der Waals surface area contributed by atoms with E-state index in [2.05, 4.69) is 0 Å². The number of aromatic nitrogens is 2. The van der Waals surface area contributed by atoms with E-state index in [1.54, 1.807) is 60.7 Å². The molecule has 1 atom stereocenters. The molecule has 0 fully saturated rings. The molecule has 0 bridgehead atoms. The van der Waals surface area contributed by atoms with Gasteiger partial charge in [-0.2, -0.15) is 0 Å². The highest BCUT2D eigenvalue weighted by Crippen LogP contribution is 2.26. The van der Waals surface area contributed by atoms with Gasteiger partial charge < -0.3 is 9.84 Å². The van der Waals surface area contributed by atoms with Gasteiger partial charge in [0, 0.05) is 5.56 Å². The number of rotatable bonds is 5. The lowest BCUT2D eigenvalue weighted by Crippen LogP contribution is -2.31. The summed E-state index contributed by atoms with van der Waals surface area (Å²) >= 11 is 0. The van der Waals surface area contributed by atoms with Crippen molar-refractivity contribution in [2.75, 3.05) is 0 Å². The number of para-hydroxylation sites is 1. The Labute approximate surface area is 141 Å². The first-order valence-electron chi connectivity index (χ1n) is 7.42. The van der Waals surface area contributed by atoms with Gasteiger partial charge in [0.05, 0.1) is 0 Å². The molecular weight excluding hydrogens is 324 g/mol. The monoisotopic (exact) mass is 338 g/mol. The smallest absolute Gasteiger partial charge is 0.328 e. The number of hydrogen-bond acceptors (Lipinski definition) is 5. The van der Waals surface area contributed by atoms with Gasteiger partial charge in [-0.25, -0.2) is 4.79 Å². The molecule has 0 aliphatic heterocycles. The van der Waals surface area contributed by atoms with Gasteiger partial charge in [-0.1, -0.05) is 48.5 Å². The molecule has 3 rings (SSSR count). The quantitative estimate of drug-likeness (QED) is 0.614. The Hall–Kier alpha value is -3.61. The highest BCUT2D eigenvalue weighted by Gasteiger charge is 2.29. The van der Waals surface area contributed by atoms with Crippen LogP contribution in [0.25, 0.3) is 0 Å². The third-order valence-corrected chi connectivity index (χ3v) is 3.51. The molecule has 0 radical (unpaired) electrons. The maximum Gasteiger partial charge on any atom is 0.328 e. The third-order valence-electron chi connectivity index (χ3n) is 3.51. The summed E-state index contributed by atoms with van der Waals surface area (Å²) in [5.41, 5.74) is -1.95. The van der Waals surface area contributed by atoms with Gasteiger partial charge in [-0.05, 0) is 12.1 Å². The number of benzene rings is 2. The molecule has 25 heavy (non-hydrogen) atoms. The Morgan fingerprint density at radius 1 is 0.920 bits per heavy atom.